The lowest BCUT2D eigenvalue weighted by Crippen LogP contribution is -2.25. The van der Waals surface area contributed by atoms with Crippen molar-refractivity contribution in [2.45, 2.75) is 38.6 Å². The van der Waals surface area contributed by atoms with Crippen molar-refractivity contribution in [2.75, 3.05) is 19.8 Å². The van der Waals surface area contributed by atoms with Gasteiger partial charge in [-0.25, -0.2) is 0 Å². The molecule has 100 valence electrons. The predicted molar refractivity (Wildman–Crippen MR) is 75.6 cm³/mol. The third kappa shape index (κ3) is 4.43. The van der Waals surface area contributed by atoms with E-state index in [1.54, 1.807) is 0 Å². The van der Waals surface area contributed by atoms with Crippen LogP contribution in [0.3, 0.4) is 0 Å². The summed E-state index contributed by atoms with van der Waals surface area (Å²) in [6, 6.07) is 11.4. The number of hydrogen-bond acceptors (Lipinski definition) is 2. The molecule has 0 bridgehead atoms. The van der Waals surface area contributed by atoms with Crippen molar-refractivity contribution < 1.29 is 4.74 Å². The molecule has 2 nitrogen and oxygen atoms in total. The van der Waals surface area contributed by atoms with Crippen molar-refractivity contribution in [3.8, 4) is 0 Å². The molecule has 1 fully saturated rings. The van der Waals surface area contributed by atoms with E-state index in [4.69, 9.17) is 4.74 Å². The molecular weight excluding hydrogens is 222 g/mol. The number of hydrogen-bond donors (Lipinski definition) is 1. The summed E-state index contributed by atoms with van der Waals surface area (Å²) >= 11 is 0. The van der Waals surface area contributed by atoms with Gasteiger partial charge in [-0.1, -0.05) is 37.3 Å². The largest absolute Gasteiger partial charge is 0.381 e. The number of rotatable bonds is 9. The molecule has 1 aromatic rings. The van der Waals surface area contributed by atoms with Gasteiger partial charge in [0.1, 0.15) is 0 Å². The van der Waals surface area contributed by atoms with E-state index in [1.165, 1.54) is 18.4 Å². The molecule has 1 aromatic carbocycles. The van der Waals surface area contributed by atoms with Crippen molar-refractivity contribution in [3.05, 3.63) is 35.9 Å². The zero-order valence-electron chi connectivity index (χ0n) is 11.4. The molecule has 2 heteroatoms. The van der Waals surface area contributed by atoms with Gasteiger partial charge in [-0.05, 0) is 43.7 Å². The monoisotopic (exact) mass is 247 g/mol. The summed E-state index contributed by atoms with van der Waals surface area (Å²) in [5.41, 5.74) is 1.44. The maximum Gasteiger partial charge on any atom is 0.0478 e. The van der Waals surface area contributed by atoms with Crippen LogP contribution in [0, 0.1) is 5.92 Å². The first kappa shape index (κ1) is 13.6. The second-order valence-electron chi connectivity index (χ2n) is 5.15. The molecule has 0 aromatic heterocycles. The minimum atomic E-state index is 0.553. The quantitative estimate of drug-likeness (QED) is 0.674. The van der Waals surface area contributed by atoms with Crippen LogP contribution in [0.1, 0.15) is 44.2 Å². The molecule has 1 N–H and O–H groups in total. The van der Waals surface area contributed by atoms with Gasteiger partial charge in [0, 0.05) is 19.3 Å². The van der Waals surface area contributed by atoms with E-state index >= 15 is 0 Å². The highest BCUT2D eigenvalue weighted by molar-refractivity contribution is 5.21. The van der Waals surface area contributed by atoms with Crippen LogP contribution < -0.4 is 5.32 Å². The van der Waals surface area contributed by atoms with E-state index in [2.05, 4.69) is 42.6 Å². The third-order valence-electron chi connectivity index (χ3n) is 3.43. The van der Waals surface area contributed by atoms with E-state index in [-0.39, 0.29) is 0 Å². The number of ether oxygens (including phenoxy) is 1. The molecule has 0 spiro atoms. The molecule has 0 aliphatic heterocycles. The smallest absolute Gasteiger partial charge is 0.0478 e. The van der Waals surface area contributed by atoms with Crippen LogP contribution in [0.2, 0.25) is 0 Å². The highest BCUT2D eigenvalue weighted by Crippen LogP contribution is 2.40. The van der Waals surface area contributed by atoms with Crippen molar-refractivity contribution in [2.24, 2.45) is 5.92 Å². The fourth-order valence-corrected chi connectivity index (χ4v) is 2.32. The van der Waals surface area contributed by atoms with E-state index in [9.17, 15) is 0 Å². The normalized spacial score (nSPS) is 16.7. The van der Waals surface area contributed by atoms with Crippen LogP contribution in [0.15, 0.2) is 30.3 Å². The van der Waals surface area contributed by atoms with Gasteiger partial charge in [-0.3, -0.25) is 0 Å². The average molecular weight is 247 g/mol. The fourth-order valence-electron chi connectivity index (χ4n) is 2.32. The van der Waals surface area contributed by atoms with Gasteiger partial charge in [0.2, 0.25) is 0 Å². The molecule has 1 aliphatic rings. The van der Waals surface area contributed by atoms with Gasteiger partial charge in [0.25, 0.3) is 0 Å². The van der Waals surface area contributed by atoms with E-state index in [1.807, 2.05) is 0 Å². The van der Waals surface area contributed by atoms with E-state index in [0.29, 0.717) is 6.04 Å². The Kier molecular flexibility index (Phi) is 5.69. The summed E-state index contributed by atoms with van der Waals surface area (Å²) in [7, 11) is 0. The Morgan fingerprint density at radius 3 is 2.67 bits per heavy atom. The first-order valence-corrected chi connectivity index (χ1v) is 7.28. The van der Waals surface area contributed by atoms with Gasteiger partial charge in [-0.2, -0.15) is 0 Å². The topological polar surface area (TPSA) is 21.3 Å². The van der Waals surface area contributed by atoms with Gasteiger partial charge in [-0.15, -0.1) is 0 Å². The molecule has 2 rings (SSSR count). The zero-order valence-corrected chi connectivity index (χ0v) is 11.4. The fraction of sp³-hybridized carbons (Fsp3) is 0.625. The van der Waals surface area contributed by atoms with Gasteiger partial charge < -0.3 is 10.1 Å². The van der Waals surface area contributed by atoms with Crippen LogP contribution in [-0.4, -0.2) is 19.8 Å². The molecule has 0 radical (unpaired) electrons. The van der Waals surface area contributed by atoms with Crippen molar-refractivity contribution in [1.29, 1.82) is 0 Å². The second kappa shape index (κ2) is 7.55. The van der Waals surface area contributed by atoms with Crippen molar-refractivity contribution >= 4 is 0 Å². The van der Waals surface area contributed by atoms with E-state index < -0.39 is 0 Å². The lowest BCUT2D eigenvalue weighted by atomic mass is 10.0. The SMILES string of the molecule is CCCOCCCNC(c1ccccc1)C1CC1. The van der Waals surface area contributed by atoms with Crippen LogP contribution in [0.5, 0.6) is 0 Å². The third-order valence-corrected chi connectivity index (χ3v) is 3.43. The molecule has 1 unspecified atom stereocenters. The van der Waals surface area contributed by atoms with Crippen molar-refractivity contribution in [3.63, 3.8) is 0 Å². The molecule has 0 saturated heterocycles. The standard InChI is InChI=1S/C16H25NO/c1-2-12-18-13-6-11-17-16(15-9-10-15)14-7-4-3-5-8-14/h3-5,7-8,15-17H,2,6,9-13H2,1H3. The lowest BCUT2D eigenvalue weighted by molar-refractivity contribution is 0.131. The summed E-state index contributed by atoms with van der Waals surface area (Å²) in [4.78, 5) is 0. The molecule has 1 aliphatic carbocycles. The summed E-state index contributed by atoms with van der Waals surface area (Å²) < 4.78 is 5.51. The summed E-state index contributed by atoms with van der Waals surface area (Å²) in [6.45, 7) is 4.98. The molecule has 18 heavy (non-hydrogen) atoms. The lowest BCUT2D eigenvalue weighted by Gasteiger charge is -2.18. The highest BCUT2D eigenvalue weighted by Gasteiger charge is 2.31. The Morgan fingerprint density at radius 1 is 1.22 bits per heavy atom. The average Bonchev–Trinajstić information content (AvgIpc) is 3.23. The van der Waals surface area contributed by atoms with E-state index in [0.717, 1.165) is 38.5 Å². The van der Waals surface area contributed by atoms with Crippen molar-refractivity contribution in [1.82, 2.24) is 5.32 Å². The number of benzene rings is 1. The first-order chi connectivity index (χ1) is 8.92. The summed E-state index contributed by atoms with van der Waals surface area (Å²) in [5, 5.41) is 3.69. The second-order valence-corrected chi connectivity index (χ2v) is 5.15. The predicted octanol–water partition coefficient (Wildman–Crippen LogP) is 3.54. The van der Waals surface area contributed by atoms with Gasteiger partial charge >= 0.3 is 0 Å². The van der Waals surface area contributed by atoms with Crippen LogP contribution in [0.25, 0.3) is 0 Å². The Hall–Kier alpha value is -0.860. The highest BCUT2D eigenvalue weighted by atomic mass is 16.5. The van der Waals surface area contributed by atoms with Crippen LogP contribution >= 0.6 is 0 Å². The summed E-state index contributed by atoms with van der Waals surface area (Å²) in [6.07, 6.45) is 4.97. The molecule has 0 heterocycles. The molecule has 1 saturated carbocycles. The zero-order chi connectivity index (χ0) is 12.6. The molecular formula is C16H25NO. The Morgan fingerprint density at radius 2 is 2.00 bits per heavy atom. The summed E-state index contributed by atoms with van der Waals surface area (Å²) in [5.74, 6) is 0.851. The maximum atomic E-state index is 5.51. The Labute approximate surface area is 111 Å². The van der Waals surface area contributed by atoms with Crippen LogP contribution in [-0.2, 0) is 4.74 Å². The van der Waals surface area contributed by atoms with Crippen LogP contribution in [0.4, 0.5) is 0 Å². The molecule has 1 atom stereocenters. The minimum absolute atomic E-state index is 0.553. The minimum Gasteiger partial charge on any atom is -0.381 e. The maximum absolute atomic E-state index is 5.51. The Bertz CT molecular complexity index is 321. The first-order valence-electron chi connectivity index (χ1n) is 7.28. The van der Waals surface area contributed by atoms with Gasteiger partial charge in [0.05, 0.1) is 0 Å². The number of nitrogens with one attached hydrogen (secondary N) is 1. The van der Waals surface area contributed by atoms with Gasteiger partial charge in [0.15, 0.2) is 0 Å². The Balaban J connectivity index is 1.71. The molecule has 0 amide bonds.